The molecule has 3 heterocycles. The topological polar surface area (TPSA) is 30.7 Å². The van der Waals surface area contributed by atoms with Crippen molar-refractivity contribution in [1.29, 1.82) is 0 Å². The van der Waals surface area contributed by atoms with Crippen LogP contribution in [0.25, 0.3) is 27.5 Å². The summed E-state index contributed by atoms with van der Waals surface area (Å²) in [7, 11) is 0. The monoisotopic (exact) mass is 439 g/mol. The van der Waals surface area contributed by atoms with E-state index >= 15 is 0 Å². The van der Waals surface area contributed by atoms with Crippen molar-refractivity contribution < 1.29 is 26.3 Å². The van der Waals surface area contributed by atoms with Gasteiger partial charge < -0.3 is 0 Å². The second-order valence-electron chi connectivity index (χ2n) is 6.32. The number of thiophene rings is 1. The van der Waals surface area contributed by atoms with Crippen LogP contribution in [0.15, 0.2) is 66.4 Å². The fraction of sp³-hybridized carbons (Fsp3) is 0.100. The summed E-state index contributed by atoms with van der Waals surface area (Å²) in [6, 6.07) is 9.75. The molecule has 0 radical (unpaired) electrons. The van der Waals surface area contributed by atoms with Crippen LogP contribution in [0, 0.1) is 0 Å². The molecule has 0 N–H and O–H groups in total. The molecule has 10 heteroatoms. The molecule has 0 aliphatic rings. The molecule has 30 heavy (non-hydrogen) atoms. The predicted molar refractivity (Wildman–Crippen MR) is 100 cm³/mol. The van der Waals surface area contributed by atoms with Gasteiger partial charge in [0.05, 0.1) is 16.1 Å². The molecule has 0 unspecified atom stereocenters. The maximum absolute atomic E-state index is 13.4. The van der Waals surface area contributed by atoms with Gasteiger partial charge in [-0.25, -0.2) is 9.97 Å². The smallest absolute Gasteiger partial charge is 0.290 e. The third-order valence-corrected chi connectivity index (χ3v) is 5.16. The quantitative estimate of drug-likeness (QED) is 0.333. The molecule has 0 fully saturated rings. The van der Waals surface area contributed by atoms with Gasteiger partial charge in [0.1, 0.15) is 17.8 Å². The van der Waals surface area contributed by atoms with E-state index in [-0.39, 0.29) is 16.9 Å². The lowest BCUT2D eigenvalue weighted by Gasteiger charge is -2.13. The largest absolute Gasteiger partial charge is 0.433 e. The van der Waals surface area contributed by atoms with Gasteiger partial charge in [-0.1, -0.05) is 18.2 Å². The Bertz CT molecular complexity index is 1160. The number of nitrogens with zero attached hydrogens (tertiary/aromatic N) is 3. The molecule has 1 aromatic carbocycles. The summed E-state index contributed by atoms with van der Waals surface area (Å²) in [6.07, 6.45) is -6.37. The zero-order chi connectivity index (χ0) is 21.5. The highest BCUT2D eigenvalue weighted by Crippen LogP contribution is 2.35. The van der Waals surface area contributed by atoms with Crippen LogP contribution in [0.1, 0.15) is 11.3 Å². The molecule has 0 amide bonds. The van der Waals surface area contributed by atoms with Gasteiger partial charge in [0.25, 0.3) is 0 Å². The number of alkyl halides is 6. The van der Waals surface area contributed by atoms with E-state index in [1.54, 1.807) is 6.20 Å². The van der Waals surface area contributed by atoms with Crippen LogP contribution >= 0.6 is 11.3 Å². The Morgan fingerprint density at radius 3 is 2.17 bits per heavy atom. The molecule has 0 aliphatic carbocycles. The van der Waals surface area contributed by atoms with E-state index in [0.29, 0.717) is 5.69 Å². The van der Waals surface area contributed by atoms with E-state index in [1.807, 2.05) is 17.5 Å². The molecular weight excluding hydrogens is 428 g/mol. The van der Waals surface area contributed by atoms with Gasteiger partial charge in [-0.15, -0.1) is 11.3 Å². The highest BCUT2D eigenvalue weighted by Gasteiger charge is 2.34. The molecule has 4 aromatic rings. The normalized spacial score (nSPS) is 12.3. The zero-order valence-electron chi connectivity index (χ0n) is 14.9. The van der Waals surface area contributed by atoms with Crippen molar-refractivity contribution in [3.63, 3.8) is 0 Å². The van der Waals surface area contributed by atoms with Crippen LogP contribution in [0.3, 0.4) is 0 Å². The predicted octanol–water partition coefficient (Wildman–Crippen LogP) is 6.70. The third kappa shape index (κ3) is 4.09. The maximum Gasteiger partial charge on any atom is 0.433 e. The molecule has 0 saturated heterocycles. The van der Waals surface area contributed by atoms with E-state index in [0.717, 1.165) is 35.2 Å². The molecule has 154 valence electrons. The van der Waals surface area contributed by atoms with E-state index < -0.39 is 23.6 Å². The Hall–Kier alpha value is -3.14. The molecule has 0 bridgehead atoms. The minimum atomic E-state index is -4.73. The van der Waals surface area contributed by atoms with Crippen LogP contribution in [-0.4, -0.2) is 14.5 Å². The lowest BCUT2D eigenvalue weighted by Crippen LogP contribution is -2.10. The van der Waals surface area contributed by atoms with Crippen molar-refractivity contribution >= 4 is 11.3 Å². The molecule has 4 rings (SSSR count). The zero-order valence-corrected chi connectivity index (χ0v) is 15.7. The second-order valence-corrected chi connectivity index (χ2v) is 7.26. The van der Waals surface area contributed by atoms with Crippen LogP contribution in [0.4, 0.5) is 26.3 Å². The van der Waals surface area contributed by atoms with Crippen LogP contribution in [0.5, 0.6) is 0 Å². The van der Waals surface area contributed by atoms with Crippen molar-refractivity contribution in [2.75, 3.05) is 0 Å². The summed E-state index contributed by atoms with van der Waals surface area (Å²) < 4.78 is 79.9. The van der Waals surface area contributed by atoms with Gasteiger partial charge in [0.15, 0.2) is 0 Å². The van der Waals surface area contributed by atoms with Crippen molar-refractivity contribution in [3.8, 4) is 27.5 Å². The Balaban J connectivity index is 1.79. The summed E-state index contributed by atoms with van der Waals surface area (Å²) in [6.45, 7) is 0. The molecule has 0 aliphatic heterocycles. The van der Waals surface area contributed by atoms with Gasteiger partial charge in [0.2, 0.25) is 0 Å². The lowest BCUT2D eigenvalue weighted by molar-refractivity contribution is -0.141. The summed E-state index contributed by atoms with van der Waals surface area (Å²) >= 11 is 1.43. The molecular formula is C20H11F6N3S. The van der Waals surface area contributed by atoms with E-state index in [4.69, 9.17) is 0 Å². The number of hydrogen-bond acceptors (Lipinski definition) is 3. The Labute approximate surface area is 170 Å². The average molecular weight is 439 g/mol. The summed E-state index contributed by atoms with van der Waals surface area (Å²) in [5.74, 6) is -0.0463. The standard InChI is InChI=1S/C20H11F6N3S/c21-19(22,23)14-5-3-12(4-6-14)13-8-17(20(24,25)26)28-18(9-13)29-10-15(27-11-29)16-2-1-7-30-16/h1-11H. The summed E-state index contributed by atoms with van der Waals surface area (Å²) in [5, 5.41) is 1.85. The number of halogens is 6. The molecule has 0 saturated carbocycles. The first kappa shape index (κ1) is 20.1. The highest BCUT2D eigenvalue weighted by atomic mass is 32.1. The SMILES string of the molecule is FC(F)(F)c1ccc(-c2cc(-n3cnc(-c4cccs4)c3)nc(C(F)(F)F)c2)cc1. The van der Waals surface area contributed by atoms with Crippen molar-refractivity contribution in [2.24, 2.45) is 0 Å². The molecule has 0 atom stereocenters. The lowest BCUT2D eigenvalue weighted by atomic mass is 10.0. The van der Waals surface area contributed by atoms with E-state index in [9.17, 15) is 26.3 Å². The van der Waals surface area contributed by atoms with E-state index in [2.05, 4.69) is 9.97 Å². The number of pyridine rings is 1. The van der Waals surface area contributed by atoms with Gasteiger partial charge in [-0.2, -0.15) is 26.3 Å². The van der Waals surface area contributed by atoms with Crippen LogP contribution in [-0.2, 0) is 12.4 Å². The fourth-order valence-electron chi connectivity index (χ4n) is 2.81. The summed E-state index contributed by atoms with van der Waals surface area (Å²) in [4.78, 5) is 8.71. The van der Waals surface area contributed by atoms with Crippen molar-refractivity contribution in [1.82, 2.24) is 14.5 Å². The first-order valence-corrected chi connectivity index (χ1v) is 9.34. The molecule has 3 aromatic heterocycles. The Kier molecular flexibility index (Phi) is 4.89. The minimum absolute atomic E-state index is 0.0463. The van der Waals surface area contributed by atoms with Crippen LogP contribution < -0.4 is 0 Å². The van der Waals surface area contributed by atoms with Gasteiger partial charge in [-0.3, -0.25) is 4.57 Å². The average Bonchev–Trinajstić information content (AvgIpc) is 3.38. The second kappa shape index (κ2) is 7.28. The molecule has 0 spiro atoms. The van der Waals surface area contributed by atoms with Crippen molar-refractivity contribution in [2.45, 2.75) is 12.4 Å². The van der Waals surface area contributed by atoms with Gasteiger partial charge >= 0.3 is 12.4 Å². The van der Waals surface area contributed by atoms with Gasteiger partial charge in [-0.05, 0) is 46.8 Å². The minimum Gasteiger partial charge on any atom is -0.290 e. The number of rotatable bonds is 3. The highest BCUT2D eigenvalue weighted by molar-refractivity contribution is 7.13. The van der Waals surface area contributed by atoms with Crippen molar-refractivity contribution in [3.05, 3.63) is 77.7 Å². The van der Waals surface area contributed by atoms with Gasteiger partial charge in [0, 0.05) is 6.20 Å². The number of hydrogen-bond donors (Lipinski definition) is 0. The number of imidazole rings is 1. The number of benzene rings is 1. The fourth-order valence-corrected chi connectivity index (χ4v) is 3.50. The Morgan fingerprint density at radius 1 is 0.833 bits per heavy atom. The number of aromatic nitrogens is 3. The summed E-state index contributed by atoms with van der Waals surface area (Å²) in [5.41, 5.74) is -1.17. The first-order valence-electron chi connectivity index (χ1n) is 8.46. The Morgan fingerprint density at radius 2 is 1.57 bits per heavy atom. The molecule has 3 nitrogen and oxygen atoms in total. The van der Waals surface area contributed by atoms with Crippen LogP contribution in [0.2, 0.25) is 0 Å². The van der Waals surface area contributed by atoms with E-state index in [1.165, 1.54) is 28.3 Å². The third-order valence-electron chi connectivity index (χ3n) is 4.27. The maximum atomic E-state index is 13.4. The first-order chi connectivity index (χ1) is 14.1.